The largest absolute Gasteiger partial charge is 0.387 e. The Morgan fingerprint density at radius 2 is 2.10 bits per heavy atom. The zero-order valence-electron chi connectivity index (χ0n) is 16.2. The van der Waals surface area contributed by atoms with E-state index in [2.05, 4.69) is 30.9 Å². The number of aromatic nitrogens is 3. The van der Waals surface area contributed by atoms with Crippen LogP contribution in [0.3, 0.4) is 0 Å². The maximum atomic E-state index is 13.5. The van der Waals surface area contributed by atoms with Crippen LogP contribution in [0, 0.1) is 11.2 Å². The number of halogens is 1. The van der Waals surface area contributed by atoms with Gasteiger partial charge in [0.2, 0.25) is 0 Å². The van der Waals surface area contributed by atoms with Crippen molar-refractivity contribution in [3.63, 3.8) is 0 Å². The van der Waals surface area contributed by atoms with Gasteiger partial charge in [0.25, 0.3) is 5.91 Å². The summed E-state index contributed by atoms with van der Waals surface area (Å²) >= 11 is 0. The van der Waals surface area contributed by atoms with Gasteiger partial charge in [-0.2, -0.15) is 0 Å². The molecule has 2 heterocycles. The maximum Gasteiger partial charge on any atom is 0.255 e. The fourth-order valence-electron chi connectivity index (χ4n) is 3.41. The number of rotatable bonds is 7. The minimum absolute atomic E-state index is 0.0881. The molecule has 1 saturated carbocycles. The molecule has 0 aliphatic heterocycles. The summed E-state index contributed by atoms with van der Waals surface area (Å²) in [6, 6.07) is 4.14. The van der Waals surface area contributed by atoms with Crippen molar-refractivity contribution in [2.45, 2.75) is 18.4 Å². The summed E-state index contributed by atoms with van der Waals surface area (Å²) in [6.45, 7) is 0.708. The monoisotopic (exact) mass is 395 g/mol. The predicted octanol–water partition coefficient (Wildman–Crippen LogP) is 2.04. The normalized spacial score (nSPS) is 14.6. The number of anilines is 1. The molecule has 1 amide bonds. The van der Waals surface area contributed by atoms with E-state index >= 15 is 0 Å². The van der Waals surface area contributed by atoms with Crippen molar-refractivity contribution in [2.75, 3.05) is 26.0 Å². The summed E-state index contributed by atoms with van der Waals surface area (Å²) in [4.78, 5) is 24.6. The van der Waals surface area contributed by atoms with Crippen molar-refractivity contribution in [1.82, 2.24) is 25.6 Å². The first-order valence-corrected chi connectivity index (χ1v) is 9.34. The van der Waals surface area contributed by atoms with E-state index in [0.29, 0.717) is 40.2 Å². The molecule has 9 heteroatoms. The molecule has 0 spiro atoms. The lowest BCUT2D eigenvalue weighted by atomic mass is 10.1. The van der Waals surface area contributed by atoms with Crippen LogP contribution in [0.25, 0.3) is 11.2 Å². The molecule has 0 bridgehead atoms. The van der Waals surface area contributed by atoms with E-state index in [9.17, 15) is 9.18 Å². The van der Waals surface area contributed by atoms with Gasteiger partial charge >= 0.3 is 0 Å². The molecular formula is C20H22FN7O. The van der Waals surface area contributed by atoms with Gasteiger partial charge in [-0.3, -0.25) is 10.2 Å². The van der Waals surface area contributed by atoms with Crippen molar-refractivity contribution in [2.24, 2.45) is 0 Å². The number of carbonyl (C=O) groups is 1. The molecule has 0 saturated heterocycles. The van der Waals surface area contributed by atoms with Crippen molar-refractivity contribution in [3.8, 4) is 0 Å². The number of amides is 1. The molecule has 29 heavy (non-hydrogen) atoms. The Labute approximate surface area is 166 Å². The Morgan fingerprint density at radius 1 is 1.31 bits per heavy atom. The van der Waals surface area contributed by atoms with E-state index in [4.69, 9.17) is 5.41 Å². The number of nitrogens with one attached hydrogen (secondary N) is 5. The third-order valence-corrected chi connectivity index (χ3v) is 5.15. The zero-order valence-corrected chi connectivity index (χ0v) is 16.2. The lowest BCUT2D eigenvalue weighted by Crippen LogP contribution is -2.43. The van der Waals surface area contributed by atoms with Crippen LogP contribution < -0.4 is 16.0 Å². The molecule has 0 unspecified atom stereocenters. The van der Waals surface area contributed by atoms with Crippen LogP contribution in [-0.4, -0.2) is 52.7 Å². The van der Waals surface area contributed by atoms with Crippen molar-refractivity contribution >= 4 is 28.5 Å². The van der Waals surface area contributed by atoms with E-state index in [-0.39, 0.29) is 17.2 Å². The molecule has 1 fully saturated rings. The average molecular weight is 395 g/mol. The number of carbonyl (C=O) groups excluding carboxylic acids is 1. The molecule has 8 nitrogen and oxygen atoms in total. The molecule has 1 aliphatic rings. The highest BCUT2D eigenvalue weighted by atomic mass is 19.1. The van der Waals surface area contributed by atoms with Gasteiger partial charge in [0.15, 0.2) is 5.65 Å². The van der Waals surface area contributed by atoms with Gasteiger partial charge in [-0.05, 0) is 38.1 Å². The Balaban J connectivity index is 1.67. The van der Waals surface area contributed by atoms with Crippen LogP contribution in [0.15, 0.2) is 30.6 Å². The topological polar surface area (TPSA) is 119 Å². The SMILES string of the molecule is CNCC1(NC(=O)c2c[nH]c3ncc(C(=N)c4ccc(F)cc4NC)nc23)CC1. The van der Waals surface area contributed by atoms with Gasteiger partial charge in [0.1, 0.15) is 17.0 Å². The average Bonchev–Trinajstić information content (AvgIpc) is 3.33. The zero-order chi connectivity index (χ0) is 20.6. The number of hydrogen-bond donors (Lipinski definition) is 5. The third-order valence-electron chi connectivity index (χ3n) is 5.15. The van der Waals surface area contributed by atoms with Crippen LogP contribution in [-0.2, 0) is 0 Å². The first kappa shape index (κ1) is 19.0. The second kappa shape index (κ2) is 7.25. The molecule has 2 aromatic heterocycles. The lowest BCUT2D eigenvalue weighted by Gasteiger charge is -2.16. The summed E-state index contributed by atoms with van der Waals surface area (Å²) in [5.41, 5.74) is 2.41. The summed E-state index contributed by atoms with van der Waals surface area (Å²) in [7, 11) is 3.52. The van der Waals surface area contributed by atoms with Crippen LogP contribution in [0.4, 0.5) is 10.1 Å². The van der Waals surface area contributed by atoms with Gasteiger partial charge < -0.3 is 20.9 Å². The molecule has 0 radical (unpaired) electrons. The highest BCUT2D eigenvalue weighted by molar-refractivity contribution is 6.14. The second-order valence-corrected chi connectivity index (χ2v) is 7.23. The van der Waals surface area contributed by atoms with Gasteiger partial charge in [-0.15, -0.1) is 0 Å². The quantitative estimate of drug-likeness (QED) is 0.392. The molecule has 0 atom stereocenters. The maximum absolute atomic E-state index is 13.5. The Morgan fingerprint density at radius 3 is 2.79 bits per heavy atom. The fourth-order valence-corrected chi connectivity index (χ4v) is 3.41. The molecule has 150 valence electrons. The van der Waals surface area contributed by atoms with Crippen molar-refractivity contribution < 1.29 is 9.18 Å². The summed E-state index contributed by atoms with van der Waals surface area (Å²) in [5, 5.41) is 17.6. The number of aromatic amines is 1. The number of likely N-dealkylation sites (N-methyl/N-ethyl adjacent to an activating group) is 1. The number of nitrogens with zero attached hydrogens (tertiary/aromatic N) is 2. The summed E-state index contributed by atoms with van der Waals surface area (Å²) < 4.78 is 13.5. The molecule has 4 rings (SSSR count). The predicted molar refractivity (Wildman–Crippen MR) is 109 cm³/mol. The number of hydrogen-bond acceptors (Lipinski definition) is 6. The second-order valence-electron chi connectivity index (χ2n) is 7.23. The van der Waals surface area contributed by atoms with Crippen LogP contribution >= 0.6 is 0 Å². The number of benzene rings is 1. The van der Waals surface area contributed by atoms with Gasteiger partial charge in [-0.1, -0.05) is 0 Å². The first-order chi connectivity index (χ1) is 14.0. The van der Waals surface area contributed by atoms with Crippen LogP contribution in [0.2, 0.25) is 0 Å². The van der Waals surface area contributed by atoms with Crippen LogP contribution in [0.5, 0.6) is 0 Å². The first-order valence-electron chi connectivity index (χ1n) is 9.34. The van der Waals surface area contributed by atoms with Crippen molar-refractivity contribution in [3.05, 3.63) is 53.2 Å². The van der Waals surface area contributed by atoms with E-state index in [1.165, 1.54) is 24.4 Å². The summed E-state index contributed by atoms with van der Waals surface area (Å²) in [6.07, 6.45) is 4.91. The summed E-state index contributed by atoms with van der Waals surface area (Å²) in [5.74, 6) is -0.618. The van der Waals surface area contributed by atoms with Gasteiger partial charge in [0, 0.05) is 31.0 Å². The van der Waals surface area contributed by atoms with Gasteiger partial charge in [0.05, 0.1) is 23.0 Å². The minimum atomic E-state index is -0.396. The van der Waals surface area contributed by atoms with Crippen LogP contribution in [0.1, 0.15) is 34.5 Å². The van der Waals surface area contributed by atoms with Crippen molar-refractivity contribution in [1.29, 1.82) is 5.41 Å². The van der Waals surface area contributed by atoms with E-state index in [1.54, 1.807) is 13.2 Å². The molecule has 3 aromatic rings. The minimum Gasteiger partial charge on any atom is -0.387 e. The van der Waals surface area contributed by atoms with E-state index in [1.807, 2.05) is 7.05 Å². The number of H-pyrrole nitrogens is 1. The van der Waals surface area contributed by atoms with E-state index < -0.39 is 5.82 Å². The Bertz CT molecular complexity index is 1100. The lowest BCUT2D eigenvalue weighted by molar-refractivity contribution is 0.0933. The smallest absolute Gasteiger partial charge is 0.255 e. The molecular weight excluding hydrogens is 373 g/mol. The number of fused-ring (bicyclic) bond motifs is 1. The van der Waals surface area contributed by atoms with E-state index in [0.717, 1.165) is 12.8 Å². The highest BCUT2D eigenvalue weighted by Gasteiger charge is 2.43. The standard InChI is InChI=1S/C20H22FN7O/c1-23-10-20(5-6-20)28-19(29)13-8-25-18-17(13)27-15(9-26-18)16(22)12-4-3-11(21)7-14(12)24-2/h3-4,7-9,22-24H,5-6,10H2,1-2H3,(H,25,26)(H,28,29). The Kier molecular flexibility index (Phi) is 4.75. The highest BCUT2D eigenvalue weighted by Crippen LogP contribution is 2.35. The van der Waals surface area contributed by atoms with Gasteiger partial charge in [-0.25, -0.2) is 14.4 Å². The Hall–Kier alpha value is -3.33. The fraction of sp³-hybridized carbons (Fsp3) is 0.300. The molecule has 1 aromatic carbocycles. The third kappa shape index (κ3) is 3.56. The molecule has 1 aliphatic carbocycles. The molecule has 5 N–H and O–H groups in total.